The van der Waals surface area contributed by atoms with E-state index in [9.17, 15) is 13.2 Å². The van der Waals surface area contributed by atoms with Crippen molar-refractivity contribution in [2.24, 2.45) is 0 Å². The first-order valence-electron chi connectivity index (χ1n) is 5.91. The summed E-state index contributed by atoms with van der Waals surface area (Å²) >= 11 is 0. The van der Waals surface area contributed by atoms with Gasteiger partial charge in [-0.1, -0.05) is 12.1 Å². The van der Waals surface area contributed by atoms with E-state index in [0.29, 0.717) is 5.56 Å². The van der Waals surface area contributed by atoms with Crippen molar-refractivity contribution in [1.29, 1.82) is 0 Å². The molecule has 0 bridgehead atoms. The van der Waals surface area contributed by atoms with Gasteiger partial charge in [-0.05, 0) is 19.1 Å². The van der Waals surface area contributed by atoms with Gasteiger partial charge in [0.25, 0.3) is 5.91 Å². The molecule has 1 aromatic carbocycles. The van der Waals surface area contributed by atoms with Crippen LogP contribution >= 0.6 is 0 Å². The van der Waals surface area contributed by atoms with Crippen molar-refractivity contribution in [3.63, 3.8) is 0 Å². The summed E-state index contributed by atoms with van der Waals surface area (Å²) in [5.74, 6) is -0.344. The van der Waals surface area contributed by atoms with Crippen molar-refractivity contribution in [1.82, 2.24) is 10.3 Å². The average Bonchev–Trinajstić information content (AvgIpc) is 2.73. The molecule has 0 aliphatic heterocycles. The van der Waals surface area contributed by atoms with Gasteiger partial charge in [0.2, 0.25) is 0 Å². The molecule has 0 aliphatic rings. The fourth-order valence-electron chi connectivity index (χ4n) is 2.07. The third-order valence-electron chi connectivity index (χ3n) is 2.76. The molecule has 1 amide bonds. The molecule has 5 nitrogen and oxygen atoms in total. The highest BCUT2D eigenvalue weighted by Crippen LogP contribution is 2.16. The quantitative estimate of drug-likeness (QED) is 0.886. The molecule has 2 aromatic rings. The maximum Gasteiger partial charge on any atom is 0.253 e. The van der Waals surface area contributed by atoms with E-state index in [1.54, 1.807) is 25.3 Å². The standard InChI is InChI=1S/C13H16N2O3S/c1-9(8-19(2,17)18)15-13(16)11-5-3-4-10-6-7-14-12(10)11/h3-7,9,14H,8H2,1-2H3,(H,15,16). The van der Waals surface area contributed by atoms with Gasteiger partial charge in [0.05, 0.1) is 16.8 Å². The normalized spacial score (nSPS) is 13.4. The monoisotopic (exact) mass is 280 g/mol. The van der Waals surface area contributed by atoms with E-state index < -0.39 is 15.9 Å². The molecule has 2 rings (SSSR count). The Balaban J connectivity index is 2.18. The zero-order chi connectivity index (χ0) is 14.0. The molecule has 0 saturated carbocycles. The van der Waals surface area contributed by atoms with E-state index in [0.717, 1.165) is 17.2 Å². The largest absolute Gasteiger partial charge is 0.361 e. The van der Waals surface area contributed by atoms with Crippen LogP contribution in [0, 0.1) is 0 Å². The number of H-pyrrole nitrogens is 1. The molecule has 0 aliphatic carbocycles. The molecule has 0 spiro atoms. The molecular weight excluding hydrogens is 264 g/mol. The van der Waals surface area contributed by atoms with Crippen molar-refractivity contribution in [2.75, 3.05) is 12.0 Å². The average molecular weight is 280 g/mol. The van der Waals surface area contributed by atoms with Crippen LogP contribution in [0.2, 0.25) is 0 Å². The molecule has 0 fully saturated rings. The van der Waals surface area contributed by atoms with E-state index in [2.05, 4.69) is 10.3 Å². The molecule has 1 aromatic heterocycles. The van der Waals surface area contributed by atoms with Crippen LogP contribution in [-0.4, -0.2) is 37.4 Å². The maximum atomic E-state index is 12.1. The lowest BCUT2D eigenvalue weighted by molar-refractivity contribution is 0.0945. The second-order valence-electron chi connectivity index (χ2n) is 4.71. The minimum atomic E-state index is -3.11. The topological polar surface area (TPSA) is 79.0 Å². The van der Waals surface area contributed by atoms with E-state index in [1.165, 1.54) is 0 Å². The Labute approximate surface area is 111 Å². The van der Waals surface area contributed by atoms with Crippen LogP contribution in [0.25, 0.3) is 10.9 Å². The number of nitrogens with one attached hydrogen (secondary N) is 2. The van der Waals surface area contributed by atoms with Gasteiger partial charge in [-0.3, -0.25) is 4.79 Å². The van der Waals surface area contributed by atoms with Crippen molar-refractivity contribution in [2.45, 2.75) is 13.0 Å². The van der Waals surface area contributed by atoms with Crippen LogP contribution in [0.1, 0.15) is 17.3 Å². The number of para-hydroxylation sites is 1. The van der Waals surface area contributed by atoms with E-state index in [-0.39, 0.29) is 11.7 Å². The molecule has 1 unspecified atom stereocenters. The minimum Gasteiger partial charge on any atom is -0.361 e. The lowest BCUT2D eigenvalue weighted by Crippen LogP contribution is -2.37. The van der Waals surface area contributed by atoms with Crippen molar-refractivity contribution < 1.29 is 13.2 Å². The predicted molar refractivity (Wildman–Crippen MR) is 74.9 cm³/mol. The number of fused-ring (bicyclic) bond motifs is 1. The number of hydrogen-bond donors (Lipinski definition) is 2. The zero-order valence-electron chi connectivity index (χ0n) is 10.8. The number of carbonyl (C=O) groups is 1. The summed E-state index contributed by atoms with van der Waals surface area (Å²) in [5.41, 5.74) is 1.27. The first kappa shape index (κ1) is 13.6. The molecule has 6 heteroatoms. The summed E-state index contributed by atoms with van der Waals surface area (Å²) in [7, 11) is -3.11. The highest BCUT2D eigenvalue weighted by molar-refractivity contribution is 7.90. The molecule has 102 valence electrons. The molecule has 1 heterocycles. The van der Waals surface area contributed by atoms with Crippen molar-refractivity contribution >= 4 is 26.6 Å². The fraction of sp³-hybridized carbons (Fsp3) is 0.308. The van der Waals surface area contributed by atoms with E-state index in [4.69, 9.17) is 0 Å². The molecule has 1 atom stereocenters. The highest BCUT2D eigenvalue weighted by atomic mass is 32.2. The van der Waals surface area contributed by atoms with Crippen LogP contribution in [0.5, 0.6) is 0 Å². The first-order valence-corrected chi connectivity index (χ1v) is 7.97. The van der Waals surface area contributed by atoms with Gasteiger partial charge in [0, 0.05) is 23.9 Å². The summed E-state index contributed by atoms with van der Waals surface area (Å²) in [6.07, 6.45) is 2.92. The number of benzene rings is 1. The van der Waals surface area contributed by atoms with Crippen molar-refractivity contribution in [3.8, 4) is 0 Å². The lowest BCUT2D eigenvalue weighted by atomic mass is 10.1. The van der Waals surface area contributed by atoms with Gasteiger partial charge in [-0.25, -0.2) is 8.42 Å². The Morgan fingerprint density at radius 2 is 2.11 bits per heavy atom. The number of carbonyl (C=O) groups excluding carboxylic acids is 1. The second kappa shape index (κ2) is 5.05. The van der Waals surface area contributed by atoms with E-state index in [1.807, 2.05) is 12.1 Å². The summed E-state index contributed by atoms with van der Waals surface area (Å²) < 4.78 is 22.3. The third-order valence-corrected chi connectivity index (χ3v) is 3.87. The predicted octanol–water partition coefficient (Wildman–Crippen LogP) is 1.33. The van der Waals surface area contributed by atoms with Crippen LogP contribution < -0.4 is 5.32 Å². The number of aromatic amines is 1. The van der Waals surface area contributed by atoms with Gasteiger partial charge >= 0.3 is 0 Å². The Morgan fingerprint density at radius 1 is 1.37 bits per heavy atom. The molecule has 2 N–H and O–H groups in total. The molecular formula is C13H16N2O3S. The second-order valence-corrected chi connectivity index (χ2v) is 6.90. The number of hydrogen-bond acceptors (Lipinski definition) is 3. The Morgan fingerprint density at radius 3 is 2.79 bits per heavy atom. The summed E-state index contributed by atoms with van der Waals surface area (Å²) in [5, 5.41) is 3.64. The Kier molecular flexibility index (Phi) is 3.61. The Bertz CT molecular complexity index is 704. The van der Waals surface area contributed by atoms with Gasteiger partial charge in [-0.15, -0.1) is 0 Å². The first-order chi connectivity index (χ1) is 8.87. The third kappa shape index (κ3) is 3.35. The summed E-state index contributed by atoms with van der Waals surface area (Å²) in [6.45, 7) is 1.67. The SMILES string of the molecule is CC(CS(C)(=O)=O)NC(=O)c1cccc2cc[nH]c12. The Hall–Kier alpha value is -1.82. The van der Waals surface area contributed by atoms with Gasteiger partial charge in [0.15, 0.2) is 0 Å². The van der Waals surface area contributed by atoms with Gasteiger partial charge in [-0.2, -0.15) is 0 Å². The van der Waals surface area contributed by atoms with E-state index >= 15 is 0 Å². The smallest absolute Gasteiger partial charge is 0.253 e. The number of amides is 1. The van der Waals surface area contributed by atoms with Crippen molar-refractivity contribution in [3.05, 3.63) is 36.0 Å². The summed E-state index contributed by atoms with van der Waals surface area (Å²) in [6, 6.07) is 6.87. The number of aromatic nitrogens is 1. The van der Waals surface area contributed by atoms with Crippen LogP contribution in [0.4, 0.5) is 0 Å². The minimum absolute atomic E-state index is 0.0700. The summed E-state index contributed by atoms with van der Waals surface area (Å²) in [4.78, 5) is 15.1. The van der Waals surface area contributed by atoms with Crippen LogP contribution in [0.3, 0.4) is 0 Å². The highest BCUT2D eigenvalue weighted by Gasteiger charge is 2.16. The lowest BCUT2D eigenvalue weighted by Gasteiger charge is -2.13. The van der Waals surface area contributed by atoms with Crippen LogP contribution in [0.15, 0.2) is 30.5 Å². The maximum absolute atomic E-state index is 12.1. The zero-order valence-corrected chi connectivity index (χ0v) is 11.6. The van der Waals surface area contributed by atoms with Gasteiger partial charge < -0.3 is 10.3 Å². The molecule has 0 radical (unpaired) electrons. The number of sulfone groups is 1. The molecule has 0 saturated heterocycles. The molecule has 19 heavy (non-hydrogen) atoms. The van der Waals surface area contributed by atoms with Crippen LogP contribution in [-0.2, 0) is 9.84 Å². The fourth-order valence-corrected chi connectivity index (χ4v) is 3.06. The van der Waals surface area contributed by atoms with Gasteiger partial charge in [0.1, 0.15) is 9.84 Å². The number of rotatable bonds is 4.